The van der Waals surface area contributed by atoms with Gasteiger partial charge in [0.25, 0.3) is 0 Å². The smallest absolute Gasteiger partial charge is 0.243 e. The van der Waals surface area contributed by atoms with Crippen molar-refractivity contribution in [2.24, 2.45) is 0 Å². The number of carbonyl (C=O) groups excluding carboxylic acids is 1. The van der Waals surface area contributed by atoms with Crippen molar-refractivity contribution in [3.63, 3.8) is 0 Å². The second kappa shape index (κ2) is 5.43. The lowest BCUT2D eigenvalue weighted by Gasteiger charge is -2.16. The number of aldehydes is 1. The third-order valence-electron chi connectivity index (χ3n) is 3.48. The summed E-state index contributed by atoms with van der Waals surface area (Å²) in [5.41, 5.74) is 1.15. The summed E-state index contributed by atoms with van der Waals surface area (Å²) < 4.78 is 31.6. The van der Waals surface area contributed by atoms with Crippen LogP contribution in [0.25, 0.3) is 10.9 Å². The Hall–Kier alpha value is -2.38. The van der Waals surface area contributed by atoms with E-state index in [2.05, 4.69) is 4.98 Å². The summed E-state index contributed by atoms with van der Waals surface area (Å²) in [4.78, 5) is 14.1. The SMILES string of the molecule is CN(Cc1ccco1)S(=O)(=O)c1ccc2[nH]cc(C=O)c2c1. The van der Waals surface area contributed by atoms with Crippen LogP contribution < -0.4 is 0 Å². The predicted molar refractivity (Wildman–Crippen MR) is 81.0 cm³/mol. The molecule has 22 heavy (non-hydrogen) atoms. The van der Waals surface area contributed by atoms with Crippen LogP contribution in [0.2, 0.25) is 0 Å². The second-order valence-electron chi connectivity index (χ2n) is 4.91. The van der Waals surface area contributed by atoms with E-state index in [1.165, 1.54) is 29.7 Å². The van der Waals surface area contributed by atoms with Crippen LogP contribution in [0.5, 0.6) is 0 Å². The molecule has 3 aromatic rings. The van der Waals surface area contributed by atoms with E-state index in [9.17, 15) is 13.2 Å². The molecule has 0 saturated carbocycles. The highest BCUT2D eigenvalue weighted by Gasteiger charge is 2.22. The number of H-pyrrole nitrogens is 1. The second-order valence-corrected chi connectivity index (χ2v) is 6.95. The van der Waals surface area contributed by atoms with Crippen molar-refractivity contribution in [2.75, 3.05) is 7.05 Å². The lowest BCUT2D eigenvalue weighted by Crippen LogP contribution is -2.26. The zero-order chi connectivity index (χ0) is 15.7. The molecule has 6 nitrogen and oxygen atoms in total. The third-order valence-corrected chi connectivity index (χ3v) is 5.28. The molecule has 0 aliphatic heterocycles. The minimum atomic E-state index is -3.67. The van der Waals surface area contributed by atoms with Gasteiger partial charge in [0.15, 0.2) is 6.29 Å². The van der Waals surface area contributed by atoms with E-state index in [4.69, 9.17) is 4.42 Å². The van der Waals surface area contributed by atoms with Crippen LogP contribution in [-0.2, 0) is 16.6 Å². The minimum absolute atomic E-state index is 0.136. The molecule has 1 N–H and O–H groups in total. The van der Waals surface area contributed by atoms with E-state index in [1.54, 1.807) is 24.4 Å². The Morgan fingerprint density at radius 3 is 2.82 bits per heavy atom. The van der Waals surface area contributed by atoms with Crippen LogP contribution >= 0.6 is 0 Å². The molecule has 7 heteroatoms. The van der Waals surface area contributed by atoms with Gasteiger partial charge in [-0.15, -0.1) is 0 Å². The van der Waals surface area contributed by atoms with E-state index in [0.29, 0.717) is 23.0 Å². The Labute approximate surface area is 127 Å². The van der Waals surface area contributed by atoms with Crippen LogP contribution in [-0.4, -0.2) is 31.0 Å². The van der Waals surface area contributed by atoms with Crippen molar-refractivity contribution >= 4 is 27.2 Å². The molecule has 0 aliphatic rings. The Kier molecular flexibility index (Phi) is 3.59. The van der Waals surface area contributed by atoms with Crippen LogP contribution in [0.3, 0.4) is 0 Å². The fraction of sp³-hybridized carbons (Fsp3) is 0.133. The molecule has 2 heterocycles. The summed E-state index contributed by atoms with van der Waals surface area (Å²) in [5.74, 6) is 0.558. The van der Waals surface area contributed by atoms with Gasteiger partial charge in [0, 0.05) is 29.7 Å². The predicted octanol–water partition coefficient (Wildman–Crippen LogP) is 2.39. The highest BCUT2D eigenvalue weighted by Crippen LogP contribution is 2.24. The van der Waals surface area contributed by atoms with Gasteiger partial charge in [-0.25, -0.2) is 8.42 Å². The van der Waals surface area contributed by atoms with E-state index in [0.717, 1.165) is 5.52 Å². The number of aromatic amines is 1. The summed E-state index contributed by atoms with van der Waals surface area (Å²) in [5, 5.41) is 0.586. The van der Waals surface area contributed by atoms with Gasteiger partial charge in [-0.1, -0.05) is 0 Å². The summed E-state index contributed by atoms with van der Waals surface area (Å²) in [6.45, 7) is 0.140. The molecule has 0 fully saturated rings. The average Bonchev–Trinajstić information content (AvgIpc) is 3.15. The fourth-order valence-corrected chi connectivity index (χ4v) is 3.43. The van der Waals surface area contributed by atoms with Gasteiger partial charge in [-0.3, -0.25) is 4.79 Å². The number of aromatic nitrogens is 1. The molecule has 0 unspecified atom stereocenters. The highest BCUT2D eigenvalue weighted by molar-refractivity contribution is 7.89. The number of furan rings is 1. The molecule has 2 aromatic heterocycles. The van der Waals surface area contributed by atoms with Gasteiger partial charge in [0.1, 0.15) is 5.76 Å². The number of fused-ring (bicyclic) bond motifs is 1. The van der Waals surface area contributed by atoms with Gasteiger partial charge >= 0.3 is 0 Å². The number of carbonyl (C=O) groups is 1. The number of hydrogen-bond acceptors (Lipinski definition) is 4. The van der Waals surface area contributed by atoms with Crippen molar-refractivity contribution in [1.82, 2.24) is 9.29 Å². The third kappa shape index (κ3) is 2.44. The standard InChI is InChI=1S/C15H14N2O4S/c1-17(9-12-3-2-6-21-12)22(19,20)13-4-5-15-14(7-13)11(10-18)8-16-15/h2-8,10,16H,9H2,1H3. The molecule has 0 saturated heterocycles. The van der Waals surface area contributed by atoms with E-state index >= 15 is 0 Å². The molecule has 3 rings (SSSR count). The highest BCUT2D eigenvalue weighted by atomic mass is 32.2. The van der Waals surface area contributed by atoms with Gasteiger partial charge in [-0.2, -0.15) is 4.31 Å². The summed E-state index contributed by atoms with van der Waals surface area (Å²) >= 11 is 0. The first-order valence-corrected chi connectivity index (χ1v) is 8.01. The largest absolute Gasteiger partial charge is 0.468 e. The fourth-order valence-electron chi connectivity index (χ4n) is 2.27. The Morgan fingerprint density at radius 2 is 2.14 bits per heavy atom. The van der Waals surface area contributed by atoms with Crippen molar-refractivity contribution < 1.29 is 17.6 Å². The van der Waals surface area contributed by atoms with E-state index in [-0.39, 0.29) is 11.4 Å². The zero-order valence-electron chi connectivity index (χ0n) is 11.8. The average molecular weight is 318 g/mol. The van der Waals surface area contributed by atoms with E-state index < -0.39 is 10.0 Å². The monoisotopic (exact) mass is 318 g/mol. The van der Waals surface area contributed by atoms with Crippen molar-refractivity contribution in [1.29, 1.82) is 0 Å². The molecule has 0 spiro atoms. The maximum atomic E-state index is 12.6. The Balaban J connectivity index is 1.99. The lowest BCUT2D eigenvalue weighted by atomic mass is 10.2. The Bertz CT molecular complexity index is 910. The molecule has 0 radical (unpaired) electrons. The molecule has 0 aliphatic carbocycles. The number of nitrogens with zero attached hydrogens (tertiary/aromatic N) is 1. The Morgan fingerprint density at radius 1 is 1.32 bits per heavy atom. The molecular formula is C15H14N2O4S. The van der Waals surface area contributed by atoms with Crippen LogP contribution in [0.4, 0.5) is 0 Å². The number of sulfonamides is 1. The first-order chi connectivity index (χ1) is 10.5. The molecule has 0 amide bonds. The van der Waals surface area contributed by atoms with Gasteiger partial charge in [0.2, 0.25) is 10.0 Å². The lowest BCUT2D eigenvalue weighted by molar-refractivity contribution is 0.112. The number of rotatable bonds is 5. The zero-order valence-corrected chi connectivity index (χ0v) is 12.6. The van der Waals surface area contributed by atoms with Crippen LogP contribution in [0.1, 0.15) is 16.1 Å². The van der Waals surface area contributed by atoms with Gasteiger partial charge in [-0.05, 0) is 30.3 Å². The van der Waals surface area contributed by atoms with Crippen LogP contribution in [0, 0.1) is 0 Å². The maximum Gasteiger partial charge on any atom is 0.243 e. The first-order valence-electron chi connectivity index (χ1n) is 6.57. The quantitative estimate of drug-likeness (QED) is 0.732. The molecular weight excluding hydrogens is 304 g/mol. The normalized spacial score (nSPS) is 12.1. The van der Waals surface area contributed by atoms with Crippen LogP contribution in [0.15, 0.2) is 52.1 Å². The molecule has 0 atom stereocenters. The maximum absolute atomic E-state index is 12.6. The summed E-state index contributed by atoms with van der Waals surface area (Å²) in [6, 6.07) is 8.09. The van der Waals surface area contributed by atoms with Crippen molar-refractivity contribution in [3.8, 4) is 0 Å². The topological polar surface area (TPSA) is 83.4 Å². The van der Waals surface area contributed by atoms with Gasteiger partial charge < -0.3 is 9.40 Å². The number of benzene rings is 1. The van der Waals surface area contributed by atoms with Crippen molar-refractivity contribution in [2.45, 2.75) is 11.4 Å². The van der Waals surface area contributed by atoms with E-state index in [1.807, 2.05) is 0 Å². The summed E-state index contributed by atoms with van der Waals surface area (Å²) in [7, 11) is -2.18. The number of nitrogens with one attached hydrogen (secondary N) is 1. The molecule has 0 bridgehead atoms. The summed E-state index contributed by atoms with van der Waals surface area (Å²) in [6.07, 6.45) is 3.75. The minimum Gasteiger partial charge on any atom is -0.468 e. The number of hydrogen-bond donors (Lipinski definition) is 1. The molecule has 1 aromatic carbocycles. The van der Waals surface area contributed by atoms with Crippen molar-refractivity contribution in [3.05, 3.63) is 54.1 Å². The first kappa shape index (κ1) is 14.6. The van der Waals surface area contributed by atoms with Gasteiger partial charge in [0.05, 0.1) is 17.7 Å². The molecule has 114 valence electrons.